The van der Waals surface area contributed by atoms with E-state index in [9.17, 15) is 3.89 Å². The summed E-state index contributed by atoms with van der Waals surface area (Å²) in [7, 11) is 0. The van der Waals surface area contributed by atoms with Crippen molar-refractivity contribution in [2.24, 2.45) is 0 Å². The van der Waals surface area contributed by atoms with Gasteiger partial charge in [0, 0.05) is 34.9 Å². The Labute approximate surface area is 152 Å². The lowest BCUT2D eigenvalue weighted by Gasteiger charge is -2.28. The Bertz CT molecular complexity index is 740. The van der Waals surface area contributed by atoms with Crippen molar-refractivity contribution >= 4 is 45.5 Å². The Morgan fingerprint density at radius 1 is 1.29 bits per heavy atom. The van der Waals surface area contributed by atoms with Gasteiger partial charge in [0.1, 0.15) is 5.82 Å². The number of aromatic nitrogens is 1. The molecule has 1 aliphatic rings. The minimum atomic E-state index is 0.0168. The first-order valence-corrected chi connectivity index (χ1v) is 8.91. The molecule has 1 fully saturated rings. The van der Waals surface area contributed by atoms with E-state index in [1.165, 1.54) is 0 Å². The molecular weight excluding hydrogens is 395 g/mol. The summed E-state index contributed by atoms with van der Waals surface area (Å²) in [5.41, 5.74) is 2.22. The van der Waals surface area contributed by atoms with E-state index in [1.807, 2.05) is 6.07 Å². The molecule has 2 aromatic rings. The highest BCUT2D eigenvalue weighted by Gasteiger charge is 2.16. The number of hydrogen-bond donors (Lipinski definition) is 2. The van der Waals surface area contributed by atoms with Crippen LogP contribution in [0.25, 0.3) is 0 Å². The number of nitrogens with one attached hydrogen (secondary N) is 2. The fourth-order valence-electron chi connectivity index (χ4n) is 2.55. The Morgan fingerprint density at radius 3 is 2.83 bits per heavy atom. The average molecular weight is 411 g/mol. The SMILES string of the molecule is N=C(c1ccnc(N2CCOCC2)c1)c1cc(Br)ccc1NSF. The lowest BCUT2D eigenvalue weighted by Crippen LogP contribution is -2.36. The summed E-state index contributed by atoms with van der Waals surface area (Å²) in [6, 6.07) is 9.03. The van der Waals surface area contributed by atoms with Gasteiger partial charge in [-0.2, -0.15) is 0 Å². The molecule has 5 nitrogen and oxygen atoms in total. The second-order valence-electron chi connectivity index (χ2n) is 5.25. The molecule has 0 spiro atoms. The number of anilines is 2. The summed E-state index contributed by atoms with van der Waals surface area (Å²) in [6.45, 7) is 2.92. The zero-order valence-electron chi connectivity index (χ0n) is 12.8. The molecule has 2 heterocycles. The molecule has 1 aromatic heterocycles. The molecule has 1 saturated heterocycles. The zero-order chi connectivity index (χ0) is 16.9. The fraction of sp³-hybridized carbons (Fsp3) is 0.250. The maximum Gasteiger partial charge on any atom is 0.162 e. The monoisotopic (exact) mass is 410 g/mol. The topological polar surface area (TPSA) is 61.2 Å². The third-order valence-electron chi connectivity index (χ3n) is 3.77. The Balaban J connectivity index is 1.91. The second-order valence-corrected chi connectivity index (χ2v) is 6.52. The molecule has 1 aliphatic heterocycles. The highest BCUT2D eigenvalue weighted by Crippen LogP contribution is 2.27. The molecule has 0 amide bonds. The van der Waals surface area contributed by atoms with Crippen molar-refractivity contribution in [3.05, 3.63) is 52.1 Å². The third kappa shape index (κ3) is 3.88. The van der Waals surface area contributed by atoms with Gasteiger partial charge in [-0.05, 0) is 30.3 Å². The maximum absolute atomic E-state index is 12.6. The van der Waals surface area contributed by atoms with E-state index >= 15 is 0 Å². The molecule has 1 aromatic carbocycles. The second kappa shape index (κ2) is 7.96. The minimum Gasteiger partial charge on any atom is -0.378 e. The largest absolute Gasteiger partial charge is 0.378 e. The van der Waals surface area contributed by atoms with Crippen LogP contribution in [0.5, 0.6) is 0 Å². The van der Waals surface area contributed by atoms with Crippen LogP contribution in [-0.4, -0.2) is 37.0 Å². The van der Waals surface area contributed by atoms with Gasteiger partial charge >= 0.3 is 0 Å². The predicted octanol–water partition coefficient (Wildman–Crippen LogP) is 4.04. The van der Waals surface area contributed by atoms with Crippen molar-refractivity contribution in [1.82, 2.24) is 4.98 Å². The lowest BCUT2D eigenvalue weighted by molar-refractivity contribution is 0.122. The summed E-state index contributed by atoms with van der Waals surface area (Å²) in [6.07, 6.45) is 1.70. The highest BCUT2D eigenvalue weighted by atomic mass is 79.9. The number of nitrogens with zero attached hydrogens (tertiary/aromatic N) is 2. The smallest absolute Gasteiger partial charge is 0.162 e. The van der Waals surface area contributed by atoms with E-state index in [4.69, 9.17) is 10.1 Å². The maximum atomic E-state index is 12.6. The van der Waals surface area contributed by atoms with Crippen LogP contribution in [0.15, 0.2) is 41.0 Å². The molecule has 0 radical (unpaired) electrons. The summed E-state index contributed by atoms with van der Waals surface area (Å²) in [5, 5.41) is 8.53. The molecule has 24 heavy (non-hydrogen) atoms. The first kappa shape index (κ1) is 17.2. The molecule has 0 bridgehead atoms. The van der Waals surface area contributed by atoms with Crippen LogP contribution in [0.2, 0.25) is 0 Å². The quantitative estimate of drug-likeness (QED) is 0.575. The van der Waals surface area contributed by atoms with Gasteiger partial charge in [0.05, 0.1) is 24.6 Å². The summed E-state index contributed by atoms with van der Waals surface area (Å²) >= 11 is 3.42. The van der Waals surface area contributed by atoms with Gasteiger partial charge < -0.3 is 14.4 Å². The van der Waals surface area contributed by atoms with Gasteiger partial charge in [0.25, 0.3) is 0 Å². The summed E-state index contributed by atoms with van der Waals surface area (Å²) in [5.74, 6) is 0.824. The van der Waals surface area contributed by atoms with Gasteiger partial charge in [-0.25, -0.2) is 4.98 Å². The van der Waals surface area contributed by atoms with E-state index in [0.717, 1.165) is 28.9 Å². The molecule has 126 valence electrons. The number of hydrogen-bond acceptors (Lipinski definition) is 6. The van der Waals surface area contributed by atoms with Crippen LogP contribution >= 0.6 is 28.3 Å². The molecule has 0 atom stereocenters. The van der Waals surface area contributed by atoms with Gasteiger partial charge in [0.15, 0.2) is 12.3 Å². The van der Waals surface area contributed by atoms with Gasteiger partial charge in [-0.1, -0.05) is 15.9 Å². The molecule has 0 aliphatic carbocycles. The van der Waals surface area contributed by atoms with E-state index < -0.39 is 0 Å². The third-order valence-corrected chi connectivity index (χ3v) is 4.56. The minimum absolute atomic E-state index is 0.0168. The Kier molecular flexibility index (Phi) is 5.70. The van der Waals surface area contributed by atoms with Crippen LogP contribution in [-0.2, 0) is 4.74 Å². The van der Waals surface area contributed by atoms with E-state index in [-0.39, 0.29) is 12.3 Å². The molecule has 8 heteroatoms. The van der Waals surface area contributed by atoms with Crippen molar-refractivity contribution in [2.75, 3.05) is 35.9 Å². The molecule has 2 N–H and O–H groups in total. The average Bonchev–Trinajstić information content (AvgIpc) is 2.63. The first-order chi connectivity index (χ1) is 11.7. The van der Waals surface area contributed by atoms with Crippen LogP contribution in [0, 0.1) is 5.41 Å². The predicted molar refractivity (Wildman–Crippen MR) is 99.7 cm³/mol. The summed E-state index contributed by atoms with van der Waals surface area (Å²) < 4.78 is 21.4. The highest BCUT2D eigenvalue weighted by molar-refractivity contribution is 9.10. The molecule has 0 saturated carbocycles. The van der Waals surface area contributed by atoms with Crippen LogP contribution < -0.4 is 9.62 Å². The molecular formula is C16H16BrFN4OS. The van der Waals surface area contributed by atoms with Gasteiger partial charge in [-0.3, -0.25) is 5.41 Å². The van der Waals surface area contributed by atoms with Crippen LogP contribution in [0.1, 0.15) is 11.1 Å². The van der Waals surface area contributed by atoms with E-state index in [2.05, 4.69) is 30.5 Å². The van der Waals surface area contributed by atoms with Crippen LogP contribution in [0.4, 0.5) is 15.4 Å². The Morgan fingerprint density at radius 2 is 2.08 bits per heavy atom. The number of pyridine rings is 1. The fourth-order valence-corrected chi connectivity index (χ4v) is 3.17. The number of morpholine rings is 1. The van der Waals surface area contributed by atoms with Crippen molar-refractivity contribution in [2.45, 2.75) is 0 Å². The van der Waals surface area contributed by atoms with Gasteiger partial charge in [-0.15, -0.1) is 3.89 Å². The zero-order valence-corrected chi connectivity index (χ0v) is 15.2. The van der Waals surface area contributed by atoms with Crippen molar-refractivity contribution < 1.29 is 8.62 Å². The number of ether oxygens (including phenoxy) is 1. The standard InChI is InChI=1S/C16H16BrFN4OS/c17-12-1-2-14(21-24-18)13(10-12)16(19)11-3-4-20-15(9-11)22-5-7-23-8-6-22/h1-4,9-10,19,21H,5-8H2. The first-order valence-electron chi connectivity index (χ1n) is 7.40. The molecule has 3 rings (SSSR count). The Hall–Kier alpha value is -1.64. The van der Waals surface area contributed by atoms with Crippen molar-refractivity contribution in [3.63, 3.8) is 0 Å². The number of benzene rings is 1. The van der Waals surface area contributed by atoms with Crippen molar-refractivity contribution in [1.29, 1.82) is 5.41 Å². The number of halogens is 2. The van der Waals surface area contributed by atoms with E-state index in [0.29, 0.717) is 30.2 Å². The van der Waals surface area contributed by atoms with E-state index in [1.54, 1.807) is 30.5 Å². The summed E-state index contributed by atoms with van der Waals surface area (Å²) in [4.78, 5) is 6.54. The normalized spacial score (nSPS) is 14.5. The van der Waals surface area contributed by atoms with Gasteiger partial charge in [0.2, 0.25) is 0 Å². The molecule has 0 unspecified atom stereocenters. The number of rotatable bonds is 5. The lowest BCUT2D eigenvalue weighted by atomic mass is 10.0. The van der Waals surface area contributed by atoms with Crippen LogP contribution in [0.3, 0.4) is 0 Å². The van der Waals surface area contributed by atoms with Crippen molar-refractivity contribution in [3.8, 4) is 0 Å².